The van der Waals surface area contributed by atoms with Gasteiger partial charge < -0.3 is 4.74 Å². The minimum absolute atomic E-state index is 0.105. The summed E-state index contributed by atoms with van der Waals surface area (Å²) in [5.74, 6) is -0.105. The first kappa shape index (κ1) is 11.9. The standard InChI is InChI=1S/C6H12O2.C2H4/c1-3-5-8-6(7)4-2;1-2/h3-5H2,1-2H3;1-2H2. The summed E-state index contributed by atoms with van der Waals surface area (Å²) in [6, 6.07) is 0. The van der Waals surface area contributed by atoms with Gasteiger partial charge in [-0.3, -0.25) is 4.79 Å². The van der Waals surface area contributed by atoms with Gasteiger partial charge in [-0.1, -0.05) is 13.8 Å². The Bertz CT molecular complexity index is 79.3. The Kier molecular flexibility index (Phi) is 13.2. The molecule has 0 heterocycles. The lowest BCUT2D eigenvalue weighted by molar-refractivity contribution is -0.143. The van der Waals surface area contributed by atoms with Gasteiger partial charge >= 0.3 is 5.97 Å². The fourth-order valence-corrected chi connectivity index (χ4v) is 0.318. The van der Waals surface area contributed by atoms with Crippen LogP contribution in [0.4, 0.5) is 0 Å². The zero-order chi connectivity index (χ0) is 8.41. The molecule has 0 saturated heterocycles. The van der Waals surface area contributed by atoms with E-state index in [1.165, 1.54) is 0 Å². The third-order valence-electron chi connectivity index (χ3n) is 0.756. The van der Waals surface area contributed by atoms with Crippen LogP contribution in [0.15, 0.2) is 13.2 Å². The number of esters is 1. The second kappa shape index (κ2) is 11.1. The molecule has 0 aliphatic carbocycles. The minimum atomic E-state index is -0.105. The number of rotatable bonds is 3. The molecule has 0 fully saturated rings. The van der Waals surface area contributed by atoms with Crippen LogP contribution in [0.3, 0.4) is 0 Å². The number of hydrogen-bond acceptors (Lipinski definition) is 2. The molecule has 0 amide bonds. The molecule has 0 spiro atoms. The SMILES string of the molecule is C=C.CCCOC(=O)CC. The zero-order valence-corrected chi connectivity index (χ0v) is 6.85. The molecule has 0 N–H and O–H groups in total. The number of hydrogen-bond donors (Lipinski definition) is 0. The van der Waals surface area contributed by atoms with Gasteiger partial charge in [0.05, 0.1) is 6.61 Å². The van der Waals surface area contributed by atoms with Gasteiger partial charge in [-0.15, -0.1) is 13.2 Å². The summed E-state index contributed by atoms with van der Waals surface area (Å²) in [4.78, 5) is 10.3. The van der Waals surface area contributed by atoms with Gasteiger partial charge in [0.25, 0.3) is 0 Å². The van der Waals surface area contributed by atoms with Gasteiger partial charge in [-0.05, 0) is 6.42 Å². The Labute approximate surface area is 62.9 Å². The lowest BCUT2D eigenvalue weighted by atomic mass is 10.5. The summed E-state index contributed by atoms with van der Waals surface area (Å²) in [7, 11) is 0. The maximum atomic E-state index is 10.3. The second-order valence-corrected chi connectivity index (χ2v) is 1.57. The van der Waals surface area contributed by atoms with E-state index in [1.54, 1.807) is 6.92 Å². The van der Waals surface area contributed by atoms with Crippen molar-refractivity contribution in [1.82, 2.24) is 0 Å². The Morgan fingerprint density at radius 1 is 1.40 bits per heavy atom. The second-order valence-electron chi connectivity index (χ2n) is 1.57. The molecule has 10 heavy (non-hydrogen) atoms. The molecular formula is C8H16O2. The predicted molar refractivity (Wildman–Crippen MR) is 42.8 cm³/mol. The van der Waals surface area contributed by atoms with E-state index in [9.17, 15) is 4.79 Å². The van der Waals surface area contributed by atoms with E-state index < -0.39 is 0 Å². The molecule has 0 aromatic heterocycles. The maximum Gasteiger partial charge on any atom is 0.305 e. The van der Waals surface area contributed by atoms with Crippen molar-refractivity contribution in [1.29, 1.82) is 0 Å². The number of carbonyl (C=O) groups excluding carboxylic acids is 1. The molecule has 0 radical (unpaired) electrons. The lowest BCUT2D eigenvalue weighted by Gasteiger charge is -1.97. The van der Waals surface area contributed by atoms with Crippen LogP contribution in [-0.4, -0.2) is 12.6 Å². The molecule has 0 aromatic rings. The van der Waals surface area contributed by atoms with Crippen LogP contribution < -0.4 is 0 Å². The Morgan fingerprint density at radius 2 is 1.90 bits per heavy atom. The highest BCUT2D eigenvalue weighted by Gasteiger charge is 1.93. The van der Waals surface area contributed by atoms with Crippen LogP contribution in [0.5, 0.6) is 0 Å². The monoisotopic (exact) mass is 144 g/mol. The molecule has 0 atom stereocenters. The van der Waals surface area contributed by atoms with E-state index in [2.05, 4.69) is 13.2 Å². The topological polar surface area (TPSA) is 26.3 Å². The molecule has 0 aliphatic heterocycles. The van der Waals surface area contributed by atoms with Crippen LogP contribution in [0.25, 0.3) is 0 Å². The van der Waals surface area contributed by atoms with Crippen LogP contribution >= 0.6 is 0 Å². The number of carbonyl (C=O) groups is 1. The van der Waals surface area contributed by atoms with E-state index in [0.717, 1.165) is 6.42 Å². The molecule has 60 valence electrons. The lowest BCUT2D eigenvalue weighted by Crippen LogP contribution is -2.02. The van der Waals surface area contributed by atoms with Crippen molar-refractivity contribution >= 4 is 5.97 Å². The van der Waals surface area contributed by atoms with Crippen molar-refractivity contribution < 1.29 is 9.53 Å². The molecule has 0 rings (SSSR count). The van der Waals surface area contributed by atoms with Crippen LogP contribution in [0.1, 0.15) is 26.7 Å². The van der Waals surface area contributed by atoms with Crippen molar-refractivity contribution in [2.75, 3.05) is 6.61 Å². The third-order valence-corrected chi connectivity index (χ3v) is 0.756. The van der Waals surface area contributed by atoms with E-state index in [0.29, 0.717) is 13.0 Å². The van der Waals surface area contributed by atoms with E-state index in [-0.39, 0.29) is 5.97 Å². The van der Waals surface area contributed by atoms with Crippen LogP contribution in [0, 0.1) is 0 Å². The molecule has 2 nitrogen and oxygen atoms in total. The maximum absolute atomic E-state index is 10.3. The van der Waals surface area contributed by atoms with Crippen molar-refractivity contribution in [3.63, 3.8) is 0 Å². The van der Waals surface area contributed by atoms with E-state index in [4.69, 9.17) is 4.74 Å². The molecule has 0 unspecified atom stereocenters. The summed E-state index contributed by atoms with van der Waals surface area (Å²) in [6.07, 6.45) is 1.39. The van der Waals surface area contributed by atoms with E-state index >= 15 is 0 Å². The fraction of sp³-hybridized carbons (Fsp3) is 0.625. The largest absolute Gasteiger partial charge is 0.466 e. The Hall–Kier alpha value is -0.790. The summed E-state index contributed by atoms with van der Waals surface area (Å²) in [5.41, 5.74) is 0. The summed E-state index contributed by atoms with van der Waals surface area (Å²) >= 11 is 0. The van der Waals surface area contributed by atoms with Gasteiger partial charge in [0.2, 0.25) is 0 Å². The van der Waals surface area contributed by atoms with Gasteiger partial charge in [-0.25, -0.2) is 0 Å². The summed E-state index contributed by atoms with van der Waals surface area (Å²) in [5, 5.41) is 0. The molecule has 0 saturated carbocycles. The van der Waals surface area contributed by atoms with Gasteiger partial charge in [-0.2, -0.15) is 0 Å². The molecule has 0 aliphatic rings. The van der Waals surface area contributed by atoms with Crippen molar-refractivity contribution in [3.05, 3.63) is 13.2 Å². The molecule has 0 aromatic carbocycles. The van der Waals surface area contributed by atoms with E-state index in [1.807, 2.05) is 6.92 Å². The average molecular weight is 144 g/mol. The minimum Gasteiger partial charge on any atom is -0.466 e. The van der Waals surface area contributed by atoms with Crippen LogP contribution in [0.2, 0.25) is 0 Å². The first-order valence-corrected chi connectivity index (χ1v) is 3.46. The quantitative estimate of drug-likeness (QED) is 0.448. The Balaban J connectivity index is 0. The predicted octanol–water partition coefficient (Wildman–Crippen LogP) is 2.15. The van der Waals surface area contributed by atoms with Gasteiger partial charge in [0, 0.05) is 6.42 Å². The fourth-order valence-electron chi connectivity index (χ4n) is 0.318. The molecular weight excluding hydrogens is 128 g/mol. The van der Waals surface area contributed by atoms with Crippen molar-refractivity contribution in [2.45, 2.75) is 26.7 Å². The highest BCUT2D eigenvalue weighted by atomic mass is 16.5. The Morgan fingerprint density at radius 3 is 2.20 bits per heavy atom. The normalized spacial score (nSPS) is 7.40. The molecule has 0 bridgehead atoms. The smallest absolute Gasteiger partial charge is 0.305 e. The van der Waals surface area contributed by atoms with Crippen LogP contribution in [-0.2, 0) is 9.53 Å². The van der Waals surface area contributed by atoms with Gasteiger partial charge in [0.15, 0.2) is 0 Å². The molecule has 2 heteroatoms. The highest BCUT2D eigenvalue weighted by Crippen LogP contribution is 1.85. The highest BCUT2D eigenvalue weighted by molar-refractivity contribution is 5.68. The number of ether oxygens (including phenoxy) is 1. The third kappa shape index (κ3) is 10.2. The summed E-state index contributed by atoms with van der Waals surface area (Å²) < 4.78 is 4.70. The zero-order valence-electron chi connectivity index (χ0n) is 6.85. The average Bonchev–Trinajstić information content (AvgIpc) is 2.04. The summed E-state index contributed by atoms with van der Waals surface area (Å²) in [6.45, 7) is 10.3. The van der Waals surface area contributed by atoms with Gasteiger partial charge in [0.1, 0.15) is 0 Å². The van der Waals surface area contributed by atoms with Crippen molar-refractivity contribution in [3.8, 4) is 0 Å². The first-order valence-electron chi connectivity index (χ1n) is 3.46. The van der Waals surface area contributed by atoms with Crippen molar-refractivity contribution in [2.24, 2.45) is 0 Å². The first-order chi connectivity index (χ1) is 4.81.